The van der Waals surface area contributed by atoms with E-state index in [-0.39, 0.29) is 11.3 Å². The Bertz CT molecular complexity index is 639. The number of methoxy groups -OCH3 is 1. The van der Waals surface area contributed by atoms with Gasteiger partial charge in [0.2, 0.25) is 11.8 Å². The van der Waals surface area contributed by atoms with Gasteiger partial charge in [0, 0.05) is 6.20 Å². The van der Waals surface area contributed by atoms with Gasteiger partial charge in [0.1, 0.15) is 5.69 Å². The normalized spacial score (nSPS) is 40.9. The standard InChI is InChI=1S/C19H26N2O2/c1-17-7-13-8-18(2,10-17)12-19(9-13,11-17)16(22)21-14-5-4-6-20-15(14)23-3/h4-6,13H,7-12H2,1-3H3,(H,21,22). The molecule has 1 heterocycles. The molecule has 4 aliphatic carbocycles. The number of ether oxygens (including phenoxy) is 1. The molecule has 124 valence electrons. The molecule has 1 amide bonds. The van der Waals surface area contributed by atoms with Crippen LogP contribution in [0, 0.1) is 22.2 Å². The lowest BCUT2D eigenvalue weighted by Crippen LogP contribution is -2.58. The molecule has 1 aromatic heterocycles. The summed E-state index contributed by atoms with van der Waals surface area (Å²) in [6.45, 7) is 4.78. The second-order valence-corrected chi connectivity index (χ2v) is 8.92. The van der Waals surface area contributed by atoms with Crippen molar-refractivity contribution in [2.24, 2.45) is 22.2 Å². The smallest absolute Gasteiger partial charge is 0.237 e. The van der Waals surface area contributed by atoms with E-state index in [1.807, 2.05) is 12.1 Å². The van der Waals surface area contributed by atoms with Crippen LogP contribution in [0.25, 0.3) is 0 Å². The molecular weight excluding hydrogens is 288 g/mol. The highest BCUT2D eigenvalue weighted by Crippen LogP contribution is 2.69. The molecule has 23 heavy (non-hydrogen) atoms. The Kier molecular flexibility index (Phi) is 3.07. The largest absolute Gasteiger partial charge is 0.480 e. The fraction of sp³-hybridized carbons (Fsp3) is 0.684. The van der Waals surface area contributed by atoms with Crippen LogP contribution in [-0.4, -0.2) is 18.0 Å². The first-order chi connectivity index (χ1) is 10.9. The van der Waals surface area contributed by atoms with Crippen molar-refractivity contribution in [3.8, 4) is 5.88 Å². The monoisotopic (exact) mass is 314 g/mol. The molecular formula is C19H26N2O2. The Morgan fingerprint density at radius 2 is 1.91 bits per heavy atom. The second kappa shape index (κ2) is 4.71. The lowest BCUT2D eigenvalue weighted by atomic mass is 9.40. The topological polar surface area (TPSA) is 51.2 Å². The molecule has 4 bridgehead atoms. The maximum absolute atomic E-state index is 13.2. The maximum atomic E-state index is 13.2. The minimum absolute atomic E-state index is 0.172. The highest BCUT2D eigenvalue weighted by molar-refractivity contribution is 5.96. The summed E-state index contributed by atoms with van der Waals surface area (Å²) in [6.07, 6.45) is 8.66. The summed E-state index contributed by atoms with van der Waals surface area (Å²) in [7, 11) is 1.59. The van der Waals surface area contributed by atoms with Gasteiger partial charge in [0.05, 0.1) is 12.5 Å². The van der Waals surface area contributed by atoms with E-state index >= 15 is 0 Å². The van der Waals surface area contributed by atoms with Crippen LogP contribution in [-0.2, 0) is 4.79 Å². The van der Waals surface area contributed by atoms with E-state index in [0.717, 1.165) is 19.3 Å². The number of hydrogen-bond acceptors (Lipinski definition) is 3. The maximum Gasteiger partial charge on any atom is 0.237 e. The number of nitrogens with one attached hydrogen (secondary N) is 1. The first-order valence-corrected chi connectivity index (χ1v) is 8.66. The van der Waals surface area contributed by atoms with Gasteiger partial charge in [0.15, 0.2) is 0 Å². The van der Waals surface area contributed by atoms with Crippen LogP contribution in [0.1, 0.15) is 52.4 Å². The van der Waals surface area contributed by atoms with Gasteiger partial charge in [0.25, 0.3) is 0 Å². The average molecular weight is 314 g/mol. The molecule has 4 saturated carbocycles. The minimum Gasteiger partial charge on any atom is -0.480 e. The third kappa shape index (κ3) is 2.34. The number of amides is 1. The molecule has 5 rings (SSSR count). The number of aromatic nitrogens is 1. The summed E-state index contributed by atoms with van der Waals surface area (Å²) in [5, 5.41) is 3.13. The Balaban J connectivity index is 1.63. The molecule has 4 heteroatoms. The van der Waals surface area contributed by atoms with E-state index in [1.54, 1.807) is 13.3 Å². The van der Waals surface area contributed by atoms with Crippen molar-refractivity contribution in [2.45, 2.75) is 52.4 Å². The Morgan fingerprint density at radius 3 is 2.52 bits per heavy atom. The van der Waals surface area contributed by atoms with Crippen molar-refractivity contribution in [2.75, 3.05) is 12.4 Å². The van der Waals surface area contributed by atoms with Crippen molar-refractivity contribution in [1.82, 2.24) is 4.98 Å². The van der Waals surface area contributed by atoms with E-state index in [4.69, 9.17) is 4.74 Å². The molecule has 0 saturated heterocycles. The third-order valence-electron chi connectivity index (χ3n) is 6.32. The van der Waals surface area contributed by atoms with Crippen LogP contribution in [0.3, 0.4) is 0 Å². The number of carbonyl (C=O) groups is 1. The van der Waals surface area contributed by atoms with Crippen molar-refractivity contribution in [1.29, 1.82) is 0 Å². The van der Waals surface area contributed by atoms with Gasteiger partial charge in [-0.1, -0.05) is 13.8 Å². The molecule has 0 aromatic carbocycles. The quantitative estimate of drug-likeness (QED) is 0.916. The van der Waals surface area contributed by atoms with Crippen molar-refractivity contribution < 1.29 is 9.53 Å². The van der Waals surface area contributed by atoms with E-state index in [1.165, 1.54) is 19.3 Å². The fourth-order valence-electron chi connectivity index (χ4n) is 6.60. The van der Waals surface area contributed by atoms with E-state index in [9.17, 15) is 4.79 Å². The van der Waals surface area contributed by atoms with Crippen LogP contribution in [0.5, 0.6) is 5.88 Å². The summed E-state index contributed by atoms with van der Waals surface area (Å²) in [4.78, 5) is 17.4. The molecule has 4 aliphatic rings. The van der Waals surface area contributed by atoms with Crippen LogP contribution >= 0.6 is 0 Å². The van der Waals surface area contributed by atoms with Crippen molar-refractivity contribution in [3.05, 3.63) is 18.3 Å². The highest BCUT2D eigenvalue weighted by atomic mass is 16.5. The summed E-state index contributed by atoms with van der Waals surface area (Å²) < 4.78 is 5.28. The molecule has 0 aliphatic heterocycles. The van der Waals surface area contributed by atoms with Gasteiger partial charge in [-0.3, -0.25) is 4.79 Å². The highest BCUT2D eigenvalue weighted by Gasteiger charge is 2.62. The van der Waals surface area contributed by atoms with E-state index in [0.29, 0.717) is 28.3 Å². The summed E-state index contributed by atoms with van der Waals surface area (Å²) in [5.74, 6) is 1.37. The zero-order valence-corrected chi connectivity index (χ0v) is 14.3. The van der Waals surface area contributed by atoms with Crippen LogP contribution in [0.4, 0.5) is 5.69 Å². The molecule has 0 spiro atoms. The molecule has 0 radical (unpaired) electrons. The number of anilines is 1. The van der Waals surface area contributed by atoms with Gasteiger partial charge in [-0.05, 0) is 67.4 Å². The lowest BCUT2D eigenvalue weighted by molar-refractivity contribution is -0.165. The zero-order valence-electron chi connectivity index (χ0n) is 14.3. The molecule has 4 fully saturated rings. The SMILES string of the molecule is COc1ncccc1NC(=O)C12CC3CC(C)(CC(C)(C3)C1)C2. The van der Waals surface area contributed by atoms with Gasteiger partial charge in [-0.25, -0.2) is 4.98 Å². The van der Waals surface area contributed by atoms with E-state index in [2.05, 4.69) is 24.1 Å². The lowest BCUT2D eigenvalue weighted by Gasteiger charge is -2.64. The molecule has 4 nitrogen and oxygen atoms in total. The number of rotatable bonds is 3. The minimum atomic E-state index is -0.205. The van der Waals surface area contributed by atoms with Crippen LogP contribution in [0.2, 0.25) is 0 Å². The first-order valence-electron chi connectivity index (χ1n) is 8.66. The van der Waals surface area contributed by atoms with Crippen LogP contribution in [0.15, 0.2) is 18.3 Å². The number of pyridine rings is 1. The predicted octanol–water partition coefficient (Wildman–Crippen LogP) is 4.03. The third-order valence-corrected chi connectivity index (χ3v) is 6.32. The molecule has 1 aromatic rings. The first kappa shape index (κ1) is 15.0. The molecule has 2 unspecified atom stereocenters. The fourth-order valence-corrected chi connectivity index (χ4v) is 6.60. The van der Waals surface area contributed by atoms with E-state index < -0.39 is 0 Å². The second-order valence-electron chi connectivity index (χ2n) is 8.92. The Morgan fingerprint density at radius 1 is 1.22 bits per heavy atom. The number of hydrogen-bond donors (Lipinski definition) is 1. The average Bonchev–Trinajstić information content (AvgIpc) is 2.44. The van der Waals surface area contributed by atoms with Gasteiger partial charge in [-0.15, -0.1) is 0 Å². The Hall–Kier alpha value is -1.58. The Labute approximate surface area is 138 Å². The molecule has 2 atom stereocenters. The predicted molar refractivity (Wildman–Crippen MR) is 89.3 cm³/mol. The summed E-state index contributed by atoms with van der Waals surface area (Å²) >= 11 is 0. The van der Waals surface area contributed by atoms with Gasteiger partial charge in [-0.2, -0.15) is 0 Å². The van der Waals surface area contributed by atoms with Crippen LogP contribution < -0.4 is 10.1 Å². The van der Waals surface area contributed by atoms with Crippen molar-refractivity contribution >= 4 is 11.6 Å². The summed E-state index contributed by atoms with van der Waals surface area (Å²) in [5.41, 5.74) is 1.16. The van der Waals surface area contributed by atoms with Gasteiger partial charge < -0.3 is 10.1 Å². The molecule has 1 N–H and O–H groups in total. The summed E-state index contributed by atoms with van der Waals surface area (Å²) in [6, 6.07) is 3.70. The number of carbonyl (C=O) groups excluding carboxylic acids is 1. The number of nitrogens with zero attached hydrogens (tertiary/aromatic N) is 1. The van der Waals surface area contributed by atoms with Gasteiger partial charge >= 0.3 is 0 Å². The zero-order chi connectivity index (χ0) is 16.3. The van der Waals surface area contributed by atoms with Crippen molar-refractivity contribution in [3.63, 3.8) is 0 Å².